The van der Waals surface area contributed by atoms with Crippen LogP contribution in [0.25, 0.3) is 0 Å². The van der Waals surface area contributed by atoms with Gasteiger partial charge in [-0.25, -0.2) is 0 Å². The summed E-state index contributed by atoms with van der Waals surface area (Å²) in [7, 11) is 0. The summed E-state index contributed by atoms with van der Waals surface area (Å²) in [6.07, 6.45) is 5.91. The van der Waals surface area contributed by atoms with Crippen LogP contribution in [-0.4, -0.2) is 52.9 Å². The van der Waals surface area contributed by atoms with Gasteiger partial charge in [0.1, 0.15) is 6.04 Å². The molecule has 0 radical (unpaired) electrons. The van der Waals surface area contributed by atoms with Gasteiger partial charge in [0.2, 0.25) is 5.91 Å². The molecule has 1 aromatic rings. The van der Waals surface area contributed by atoms with Gasteiger partial charge in [0.15, 0.2) is 0 Å². The van der Waals surface area contributed by atoms with Crippen molar-refractivity contribution < 1.29 is 4.79 Å². The van der Waals surface area contributed by atoms with E-state index in [-0.39, 0.29) is 11.9 Å². The van der Waals surface area contributed by atoms with Gasteiger partial charge in [0.05, 0.1) is 0 Å². The molecule has 1 amide bonds. The van der Waals surface area contributed by atoms with Crippen LogP contribution in [0.3, 0.4) is 0 Å². The van der Waals surface area contributed by atoms with Gasteiger partial charge in [-0.2, -0.15) is 0 Å². The third kappa shape index (κ3) is 4.02. The van der Waals surface area contributed by atoms with Crippen LogP contribution < -0.4 is 5.73 Å². The molecule has 2 rings (SSSR count). The number of carbonyl (C=O) groups excluding carboxylic acids is 1. The van der Waals surface area contributed by atoms with E-state index in [0.717, 1.165) is 39.0 Å². The molecular formula is C15H24N4O. The third-order valence-corrected chi connectivity index (χ3v) is 3.83. The second-order valence-corrected chi connectivity index (χ2v) is 5.40. The average Bonchev–Trinajstić information content (AvgIpc) is 2.47. The SMILES string of the molecule is CCCCN1CCN(Cc2cccnc2)CC1C(N)=O. The Morgan fingerprint density at radius 1 is 1.50 bits per heavy atom. The van der Waals surface area contributed by atoms with Crippen molar-refractivity contribution in [2.24, 2.45) is 5.73 Å². The molecule has 1 aliphatic heterocycles. The number of amides is 1. The van der Waals surface area contributed by atoms with E-state index in [4.69, 9.17) is 5.73 Å². The maximum atomic E-state index is 11.7. The first-order valence-corrected chi connectivity index (χ1v) is 7.35. The number of hydrogen-bond acceptors (Lipinski definition) is 4. The van der Waals surface area contributed by atoms with Crippen molar-refractivity contribution in [3.63, 3.8) is 0 Å². The molecule has 1 atom stereocenters. The molecule has 20 heavy (non-hydrogen) atoms. The fourth-order valence-electron chi connectivity index (χ4n) is 2.67. The van der Waals surface area contributed by atoms with E-state index in [9.17, 15) is 4.79 Å². The molecule has 1 unspecified atom stereocenters. The molecule has 0 aliphatic carbocycles. The number of carbonyl (C=O) groups is 1. The van der Waals surface area contributed by atoms with E-state index in [1.54, 1.807) is 6.20 Å². The Bertz CT molecular complexity index is 423. The summed E-state index contributed by atoms with van der Waals surface area (Å²) in [5.74, 6) is -0.211. The van der Waals surface area contributed by atoms with Crippen molar-refractivity contribution in [2.75, 3.05) is 26.2 Å². The predicted octanol–water partition coefficient (Wildman–Crippen LogP) is 0.853. The number of unbranched alkanes of at least 4 members (excludes halogenated alkanes) is 1. The van der Waals surface area contributed by atoms with Crippen LogP contribution in [0.2, 0.25) is 0 Å². The highest BCUT2D eigenvalue weighted by molar-refractivity contribution is 5.80. The fourth-order valence-corrected chi connectivity index (χ4v) is 2.67. The zero-order chi connectivity index (χ0) is 14.4. The van der Waals surface area contributed by atoms with Crippen LogP contribution in [0, 0.1) is 0 Å². The molecule has 1 aromatic heterocycles. The lowest BCUT2D eigenvalue weighted by Crippen LogP contribution is -2.57. The van der Waals surface area contributed by atoms with Crippen molar-refractivity contribution in [2.45, 2.75) is 32.4 Å². The predicted molar refractivity (Wildman–Crippen MR) is 79.0 cm³/mol. The summed E-state index contributed by atoms with van der Waals surface area (Å²) < 4.78 is 0. The average molecular weight is 276 g/mol. The number of piperazine rings is 1. The first-order chi connectivity index (χ1) is 9.70. The standard InChI is InChI=1S/C15H24N4O/c1-2-3-7-19-9-8-18(12-14(19)15(16)20)11-13-5-4-6-17-10-13/h4-6,10,14H,2-3,7-9,11-12H2,1H3,(H2,16,20). The molecule has 0 saturated carbocycles. The Labute approximate surface area is 120 Å². The van der Waals surface area contributed by atoms with Gasteiger partial charge in [-0.05, 0) is 24.6 Å². The van der Waals surface area contributed by atoms with Crippen LogP contribution in [0.15, 0.2) is 24.5 Å². The van der Waals surface area contributed by atoms with Crippen molar-refractivity contribution >= 4 is 5.91 Å². The van der Waals surface area contributed by atoms with Gasteiger partial charge in [0.25, 0.3) is 0 Å². The summed E-state index contributed by atoms with van der Waals surface area (Å²) in [6.45, 7) is 6.56. The van der Waals surface area contributed by atoms with Crippen LogP contribution in [0.1, 0.15) is 25.3 Å². The lowest BCUT2D eigenvalue weighted by atomic mass is 10.1. The van der Waals surface area contributed by atoms with Gasteiger partial charge in [-0.15, -0.1) is 0 Å². The van der Waals surface area contributed by atoms with Gasteiger partial charge in [-0.1, -0.05) is 19.4 Å². The summed E-state index contributed by atoms with van der Waals surface area (Å²) in [6, 6.07) is 3.85. The quantitative estimate of drug-likeness (QED) is 0.837. The smallest absolute Gasteiger partial charge is 0.236 e. The molecule has 5 nitrogen and oxygen atoms in total. The van der Waals surface area contributed by atoms with Crippen LogP contribution >= 0.6 is 0 Å². The van der Waals surface area contributed by atoms with Crippen molar-refractivity contribution in [1.82, 2.24) is 14.8 Å². The molecular weight excluding hydrogens is 252 g/mol. The molecule has 2 N–H and O–H groups in total. The molecule has 0 spiro atoms. The molecule has 2 heterocycles. The van der Waals surface area contributed by atoms with Gasteiger partial charge < -0.3 is 5.73 Å². The molecule has 1 saturated heterocycles. The maximum Gasteiger partial charge on any atom is 0.236 e. The minimum absolute atomic E-state index is 0.160. The Balaban J connectivity index is 1.94. The second kappa shape index (κ2) is 7.36. The first-order valence-electron chi connectivity index (χ1n) is 7.35. The Morgan fingerprint density at radius 3 is 3.00 bits per heavy atom. The zero-order valence-electron chi connectivity index (χ0n) is 12.2. The van der Waals surface area contributed by atoms with Crippen molar-refractivity contribution in [3.05, 3.63) is 30.1 Å². The number of nitrogens with two attached hydrogens (primary N) is 1. The number of rotatable bonds is 6. The lowest BCUT2D eigenvalue weighted by Gasteiger charge is -2.39. The molecule has 1 aliphatic rings. The largest absolute Gasteiger partial charge is 0.368 e. The molecule has 5 heteroatoms. The fraction of sp³-hybridized carbons (Fsp3) is 0.600. The lowest BCUT2D eigenvalue weighted by molar-refractivity contribution is -0.125. The van der Waals surface area contributed by atoms with Crippen molar-refractivity contribution in [1.29, 1.82) is 0 Å². The normalized spacial score (nSPS) is 20.9. The van der Waals surface area contributed by atoms with Gasteiger partial charge >= 0.3 is 0 Å². The van der Waals surface area contributed by atoms with E-state index in [1.165, 1.54) is 5.56 Å². The molecule has 0 bridgehead atoms. The van der Waals surface area contributed by atoms with Crippen molar-refractivity contribution in [3.8, 4) is 0 Å². The Hall–Kier alpha value is -1.46. The number of pyridine rings is 1. The summed E-state index contributed by atoms with van der Waals surface area (Å²) in [5.41, 5.74) is 6.74. The van der Waals surface area contributed by atoms with Crippen LogP contribution in [0.4, 0.5) is 0 Å². The molecule has 0 aromatic carbocycles. The van der Waals surface area contributed by atoms with Crippen LogP contribution in [0.5, 0.6) is 0 Å². The highest BCUT2D eigenvalue weighted by Crippen LogP contribution is 2.13. The third-order valence-electron chi connectivity index (χ3n) is 3.83. The zero-order valence-corrected chi connectivity index (χ0v) is 12.2. The molecule has 110 valence electrons. The number of hydrogen-bond donors (Lipinski definition) is 1. The van der Waals surface area contributed by atoms with Crippen LogP contribution in [-0.2, 0) is 11.3 Å². The van der Waals surface area contributed by atoms with Gasteiger partial charge in [-0.3, -0.25) is 19.6 Å². The summed E-state index contributed by atoms with van der Waals surface area (Å²) in [4.78, 5) is 20.3. The highest BCUT2D eigenvalue weighted by atomic mass is 16.1. The minimum atomic E-state index is -0.211. The monoisotopic (exact) mass is 276 g/mol. The maximum absolute atomic E-state index is 11.7. The minimum Gasteiger partial charge on any atom is -0.368 e. The number of aromatic nitrogens is 1. The van der Waals surface area contributed by atoms with E-state index >= 15 is 0 Å². The summed E-state index contributed by atoms with van der Waals surface area (Å²) in [5, 5.41) is 0. The Kier molecular flexibility index (Phi) is 5.49. The Morgan fingerprint density at radius 2 is 2.35 bits per heavy atom. The summed E-state index contributed by atoms with van der Waals surface area (Å²) >= 11 is 0. The number of nitrogens with zero attached hydrogens (tertiary/aromatic N) is 3. The topological polar surface area (TPSA) is 62.5 Å². The van der Waals surface area contributed by atoms with E-state index < -0.39 is 0 Å². The van der Waals surface area contributed by atoms with E-state index in [0.29, 0.717) is 6.54 Å². The second-order valence-electron chi connectivity index (χ2n) is 5.40. The van der Waals surface area contributed by atoms with E-state index in [1.807, 2.05) is 12.3 Å². The molecule has 1 fully saturated rings. The first kappa shape index (κ1) is 14.9. The number of primary amides is 1. The van der Waals surface area contributed by atoms with E-state index in [2.05, 4.69) is 27.8 Å². The van der Waals surface area contributed by atoms with Gasteiger partial charge in [0, 0.05) is 38.6 Å². The highest BCUT2D eigenvalue weighted by Gasteiger charge is 2.30.